The molecule has 1 amide bonds. The number of carbonyl (C=O) groups is 2. The van der Waals surface area contributed by atoms with Gasteiger partial charge in [-0.2, -0.15) is 4.31 Å². The quantitative estimate of drug-likeness (QED) is 0.402. The lowest BCUT2D eigenvalue weighted by atomic mass is 10.2. The summed E-state index contributed by atoms with van der Waals surface area (Å²) in [5, 5.41) is 4.57. The number of esters is 1. The van der Waals surface area contributed by atoms with Crippen molar-refractivity contribution < 1.29 is 27.5 Å². The highest BCUT2D eigenvalue weighted by Gasteiger charge is 2.27. The van der Waals surface area contributed by atoms with Crippen LogP contribution < -0.4 is 10.1 Å². The van der Waals surface area contributed by atoms with Gasteiger partial charge in [0.1, 0.15) is 10.6 Å². The Morgan fingerprint density at radius 1 is 1.06 bits per heavy atom. The molecule has 2 aromatic carbocycles. The fourth-order valence-corrected chi connectivity index (χ4v) is 5.37. The third-order valence-corrected chi connectivity index (χ3v) is 7.91. The molecule has 11 heteroatoms. The van der Waals surface area contributed by atoms with Gasteiger partial charge in [0.2, 0.25) is 10.0 Å². The molecule has 1 N–H and O–H groups in total. The Balaban J connectivity index is 1.47. The second-order valence-electron chi connectivity index (χ2n) is 7.00. The smallest absolute Gasteiger partial charge is 0.353 e. The van der Waals surface area contributed by atoms with E-state index in [1.165, 1.54) is 33.8 Å². The Hall–Kier alpha value is -2.76. The molecule has 172 valence electrons. The maximum absolute atomic E-state index is 12.9. The summed E-state index contributed by atoms with van der Waals surface area (Å²) in [6.07, 6.45) is 0. The molecule has 0 bridgehead atoms. The van der Waals surface area contributed by atoms with E-state index < -0.39 is 21.9 Å². The van der Waals surface area contributed by atoms with E-state index in [0.29, 0.717) is 29.5 Å². The fraction of sp³-hybridized carbons (Fsp3) is 0.182. The number of sulfonamides is 1. The molecule has 2 heterocycles. The van der Waals surface area contributed by atoms with Crippen LogP contribution in [0, 0.1) is 0 Å². The minimum atomic E-state index is -3.78. The Morgan fingerprint density at radius 2 is 1.79 bits per heavy atom. The number of nitrogens with zero attached hydrogens (tertiary/aromatic N) is 1. The van der Waals surface area contributed by atoms with Gasteiger partial charge in [-0.25, -0.2) is 13.2 Å². The van der Waals surface area contributed by atoms with Crippen LogP contribution in [0.2, 0.25) is 5.02 Å². The van der Waals surface area contributed by atoms with Crippen LogP contribution in [0.3, 0.4) is 0 Å². The lowest BCUT2D eigenvalue weighted by molar-refractivity contribution is 0.0730. The van der Waals surface area contributed by atoms with Crippen LogP contribution in [0.4, 0.5) is 5.69 Å². The van der Waals surface area contributed by atoms with Crippen LogP contribution in [-0.4, -0.2) is 50.9 Å². The number of morpholine rings is 1. The van der Waals surface area contributed by atoms with E-state index in [1.807, 2.05) is 0 Å². The molecule has 0 radical (unpaired) electrons. The van der Waals surface area contributed by atoms with Gasteiger partial charge in [-0.15, -0.1) is 11.3 Å². The summed E-state index contributed by atoms with van der Waals surface area (Å²) in [6.45, 7) is 1.13. The lowest BCUT2D eigenvalue weighted by Crippen LogP contribution is -2.40. The Bertz CT molecular complexity index is 1250. The molecule has 1 fully saturated rings. The van der Waals surface area contributed by atoms with Crippen molar-refractivity contribution >= 4 is 50.5 Å². The van der Waals surface area contributed by atoms with Crippen molar-refractivity contribution in [1.29, 1.82) is 0 Å². The molecule has 0 atom stereocenters. The van der Waals surface area contributed by atoms with Gasteiger partial charge < -0.3 is 14.8 Å². The molecule has 0 aliphatic carbocycles. The molecule has 4 rings (SSSR count). The zero-order valence-electron chi connectivity index (χ0n) is 17.2. The van der Waals surface area contributed by atoms with Crippen LogP contribution in [0.1, 0.15) is 20.0 Å². The van der Waals surface area contributed by atoms with Crippen LogP contribution >= 0.6 is 22.9 Å². The van der Waals surface area contributed by atoms with Crippen molar-refractivity contribution in [3.8, 4) is 5.75 Å². The van der Waals surface area contributed by atoms with Crippen molar-refractivity contribution in [3.63, 3.8) is 0 Å². The fourth-order valence-electron chi connectivity index (χ4n) is 3.13. The highest BCUT2D eigenvalue weighted by molar-refractivity contribution is 7.89. The molecule has 1 aliphatic rings. The van der Waals surface area contributed by atoms with Crippen molar-refractivity contribution in [2.24, 2.45) is 0 Å². The summed E-state index contributed by atoms with van der Waals surface area (Å²) >= 11 is 7.46. The first kappa shape index (κ1) is 23.4. The van der Waals surface area contributed by atoms with E-state index in [9.17, 15) is 18.0 Å². The van der Waals surface area contributed by atoms with Crippen LogP contribution in [0.15, 0.2) is 64.9 Å². The average Bonchev–Trinajstić information content (AvgIpc) is 3.36. The first-order valence-corrected chi connectivity index (χ1v) is 12.6. The maximum Gasteiger partial charge on any atom is 0.353 e. The summed E-state index contributed by atoms with van der Waals surface area (Å²) in [7, 11) is -3.78. The van der Waals surface area contributed by atoms with E-state index in [0.717, 1.165) is 0 Å². The van der Waals surface area contributed by atoms with Gasteiger partial charge in [0.15, 0.2) is 0 Å². The molecule has 1 aliphatic heterocycles. The molecule has 3 aromatic rings. The number of nitrogens with one attached hydrogen (secondary N) is 1. The minimum Gasteiger partial charge on any atom is -0.422 e. The summed E-state index contributed by atoms with van der Waals surface area (Å²) in [5.41, 5.74) is 0.452. The minimum absolute atomic E-state index is 0.0187. The van der Waals surface area contributed by atoms with E-state index in [1.54, 1.807) is 41.8 Å². The molecular weight excluding hydrogens is 488 g/mol. The van der Waals surface area contributed by atoms with Crippen LogP contribution in [-0.2, 0) is 14.8 Å². The SMILES string of the molecule is O=C(Oc1ccc(NC(=O)c2cc(S(=O)(=O)N3CCOCC3)ccc2Cl)cc1)c1cccs1. The van der Waals surface area contributed by atoms with Crippen LogP contribution in [0.5, 0.6) is 5.75 Å². The standard InChI is InChI=1S/C22H19ClN2O6S2/c23-19-8-7-17(33(28,29)25-9-11-30-12-10-25)14-18(19)21(26)24-15-3-5-16(6-4-15)31-22(27)20-2-1-13-32-20/h1-8,13-14H,9-12H2,(H,24,26). The summed E-state index contributed by atoms with van der Waals surface area (Å²) in [4.78, 5) is 25.3. The van der Waals surface area contributed by atoms with Crippen molar-refractivity contribution in [1.82, 2.24) is 4.31 Å². The number of carbonyl (C=O) groups excluding carboxylic acids is 2. The first-order chi connectivity index (χ1) is 15.8. The van der Waals surface area contributed by atoms with Gasteiger partial charge in [0.25, 0.3) is 5.91 Å². The monoisotopic (exact) mass is 506 g/mol. The van der Waals surface area contributed by atoms with Gasteiger partial charge in [0, 0.05) is 18.8 Å². The Kier molecular flexibility index (Phi) is 7.11. The van der Waals surface area contributed by atoms with Gasteiger partial charge in [-0.1, -0.05) is 17.7 Å². The zero-order chi connectivity index (χ0) is 23.4. The van der Waals surface area contributed by atoms with Gasteiger partial charge in [-0.05, 0) is 53.9 Å². The number of amides is 1. The van der Waals surface area contributed by atoms with Crippen molar-refractivity contribution in [3.05, 3.63) is 75.4 Å². The molecule has 1 saturated heterocycles. The molecule has 0 unspecified atom stereocenters. The third kappa shape index (κ3) is 5.43. The van der Waals surface area contributed by atoms with Crippen LogP contribution in [0.25, 0.3) is 0 Å². The number of hydrogen-bond donors (Lipinski definition) is 1. The number of benzene rings is 2. The number of thiophene rings is 1. The molecule has 0 spiro atoms. The summed E-state index contributed by atoms with van der Waals surface area (Å²) in [5.74, 6) is -0.711. The second kappa shape index (κ2) is 10.0. The van der Waals surface area contributed by atoms with Crippen molar-refractivity contribution in [2.75, 3.05) is 31.6 Å². The molecular formula is C22H19ClN2O6S2. The van der Waals surface area contributed by atoms with E-state index in [4.69, 9.17) is 21.1 Å². The number of halogens is 1. The summed E-state index contributed by atoms with van der Waals surface area (Å²) in [6, 6.07) is 13.7. The van der Waals surface area contributed by atoms with E-state index in [2.05, 4.69) is 5.32 Å². The summed E-state index contributed by atoms with van der Waals surface area (Å²) < 4.78 is 37.6. The number of ether oxygens (including phenoxy) is 2. The van der Waals surface area contributed by atoms with E-state index in [-0.39, 0.29) is 28.6 Å². The third-order valence-electron chi connectivity index (χ3n) is 4.84. The van der Waals surface area contributed by atoms with E-state index >= 15 is 0 Å². The Morgan fingerprint density at radius 3 is 2.45 bits per heavy atom. The normalized spacial score (nSPS) is 14.6. The highest BCUT2D eigenvalue weighted by atomic mass is 35.5. The van der Waals surface area contributed by atoms with Gasteiger partial charge >= 0.3 is 5.97 Å². The zero-order valence-corrected chi connectivity index (χ0v) is 19.6. The predicted octanol–water partition coefficient (Wildman–Crippen LogP) is 3.89. The highest BCUT2D eigenvalue weighted by Crippen LogP contribution is 2.25. The average molecular weight is 507 g/mol. The van der Waals surface area contributed by atoms with Gasteiger partial charge in [-0.3, -0.25) is 4.79 Å². The number of anilines is 1. The first-order valence-electron chi connectivity index (χ1n) is 9.89. The second-order valence-corrected chi connectivity index (χ2v) is 10.3. The molecule has 8 nitrogen and oxygen atoms in total. The molecule has 33 heavy (non-hydrogen) atoms. The topological polar surface area (TPSA) is 102 Å². The Labute approximate surface area is 199 Å². The van der Waals surface area contributed by atoms with Crippen molar-refractivity contribution in [2.45, 2.75) is 4.90 Å². The lowest BCUT2D eigenvalue weighted by Gasteiger charge is -2.26. The molecule has 1 aromatic heterocycles. The van der Waals surface area contributed by atoms with Gasteiger partial charge in [0.05, 0.1) is 28.7 Å². The number of hydrogen-bond acceptors (Lipinski definition) is 7. The number of rotatable bonds is 6. The molecule has 0 saturated carbocycles. The predicted molar refractivity (Wildman–Crippen MR) is 125 cm³/mol. The maximum atomic E-state index is 12.9. The largest absolute Gasteiger partial charge is 0.422 e.